The van der Waals surface area contributed by atoms with Crippen LogP contribution in [0.4, 0.5) is 0 Å². The Hall–Kier alpha value is -0.900. The fraction of sp³-hybridized carbons (Fsp3) is 0.714. The molecule has 0 bridgehead atoms. The molecule has 11 heavy (non-hydrogen) atoms. The number of carbonyl (C=O) groups excluding carboxylic acids is 2. The fourth-order valence-corrected chi connectivity index (χ4v) is 1.46. The molecular formula is C7H10N2O2. The molecule has 4 nitrogen and oxygen atoms in total. The number of likely N-dealkylation sites (tertiary alicyclic amines) is 1. The molecule has 0 aromatic heterocycles. The van der Waals surface area contributed by atoms with Crippen molar-refractivity contribution in [1.29, 1.82) is 0 Å². The number of amides is 2. The molecule has 0 radical (unpaired) electrons. The van der Waals surface area contributed by atoms with Gasteiger partial charge in [0, 0.05) is 18.9 Å². The summed E-state index contributed by atoms with van der Waals surface area (Å²) in [5.41, 5.74) is 5.52. The molecule has 2 amide bonds. The zero-order valence-corrected chi connectivity index (χ0v) is 6.12. The minimum Gasteiger partial charge on any atom is -0.326 e. The quantitative estimate of drug-likeness (QED) is 0.505. The van der Waals surface area contributed by atoms with Crippen molar-refractivity contribution in [2.75, 3.05) is 0 Å². The van der Waals surface area contributed by atoms with E-state index in [0.717, 1.165) is 6.42 Å². The van der Waals surface area contributed by atoms with Crippen molar-refractivity contribution in [2.45, 2.75) is 31.3 Å². The average molecular weight is 154 g/mol. The number of hydrogen-bond acceptors (Lipinski definition) is 3. The maximum Gasteiger partial charge on any atom is 0.229 e. The molecule has 0 aromatic rings. The molecule has 4 heteroatoms. The summed E-state index contributed by atoms with van der Waals surface area (Å²) in [5.74, 6) is -0.0964. The molecule has 1 saturated heterocycles. The van der Waals surface area contributed by atoms with Crippen LogP contribution in [-0.2, 0) is 9.59 Å². The summed E-state index contributed by atoms with van der Waals surface area (Å²) in [7, 11) is 0. The highest BCUT2D eigenvalue weighted by molar-refractivity contribution is 6.02. The van der Waals surface area contributed by atoms with Crippen LogP contribution >= 0.6 is 0 Å². The first kappa shape index (κ1) is 6.79. The summed E-state index contributed by atoms with van der Waals surface area (Å²) in [6.07, 6.45) is 1.54. The van der Waals surface area contributed by atoms with Gasteiger partial charge in [0.1, 0.15) is 0 Å². The Bertz CT molecular complexity index is 210. The van der Waals surface area contributed by atoms with Crippen LogP contribution in [0, 0.1) is 0 Å². The Kier molecular flexibility index (Phi) is 1.26. The van der Waals surface area contributed by atoms with Gasteiger partial charge in [-0.1, -0.05) is 0 Å². The average Bonchev–Trinajstić information content (AvgIpc) is 2.54. The van der Waals surface area contributed by atoms with Gasteiger partial charge >= 0.3 is 0 Å². The number of nitrogens with two attached hydrogens (primary N) is 1. The van der Waals surface area contributed by atoms with E-state index >= 15 is 0 Å². The molecule has 2 rings (SSSR count). The molecule has 2 atom stereocenters. The molecule has 60 valence electrons. The molecule has 1 saturated carbocycles. The van der Waals surface area contributed by atoms with Gasteiger partial charge in [-0.25, -0.2) is 0 Å². The SMILES string of the molecule is NC1CC1N1C(=O)CCC1=O. The predicted molar refractivity (Wildman–Crippen MR) is 37.5 cm³/mol. The monoisotopic (exact) mass is 154 g/mol. The lowest BCUT2D eigenvalue weighted by molar-refractivity contribution is -0.139. The second-order valence-electron chi connectivity index (χ2n) is 3.12. The van der Waals surface area contributed by atoms with E-state index in [1.165, 1.54) is 4.90 Å². The minimum absolute atomic E-state index is 0.0255. The second kappa shape index (κ2) is 2.04. The molecule has 0 spiro atoms. The smallest absolute Gasteiger partial charge is 0.229 e. The summed E-state index contributed by atoms with van der Waals surface area (Å²) >= 11 is 0. The number of hydrogen-bond donors (Lipinski definition) is 1. The van der Waals surface area contributed by atoms with E-state index in [4.69, 9.17) is 5.73 Å². The van der Waals surface area contributed by atoms with Crippen LogP contribution in [0.5, 0.6) is 0 Å². The van der Waals surface area contributed by atoms with E-state index in [2.05, 4.69) is 0 Å². The van der Waals surface area contributed by atoms with Crippen LogP contribution in [0.2, 0.25) is 0 Å². The van der Waals surface area contributed by atoms with Gasteiger partial charge in [0.15, 0.2) is 0 Å². The van der Waals surface area contributed by atoms with Crippen LogP contribution in [0.1, 0.15) is 19.3 Å². The maximum absolute atomic E-state index is 11.1. The van der Waals surface area contributed by atoms with Crippen LogP contribution in [0.3, 0.4) is 0 Å². The molecule has 2 fully saturated rings. The van der Waals surface area contributed by atoms with Gasteiger partial charge in [-0.2, -0.15) is 0 Å². The van der Waals surface area contributed by atoms with Gasteiger partial charge in [0.2, 0.25) is 11.8 Å². The summed E-state index contributed by atoms with van der Waals surface area (Å²) in [6.45, 7) is 0. The lowest BCUT2D eigenvalue weighted by atomic mass is 10.4. The summed E-state index contributed by atoms with van der Waals surface area (Å²) in [5, 5.41) is 0. The topological polar surface area (TPSA) is 63.4 Å². The van der Waals surface area contributed by atoms with E-state index in [1.807, 2.05) is 0 Å². The third-order valence-corrected chi connectivity index (χ3v) is 2.23. The van der Waals surface area contributed by atoms with E-state index in [0.29, 0.717) is 12.8 Å². The first-order chi connectivity index (χ1) is 5.20. The number of rotatable bonds is 1. The Morgan fingerprint density at radius 2 is 1.73 bits per heavy atom. The Balaban J connectivity index is 2.11. The predicted octanol–water partition coefficient (Wildman–Crippen LogP) is -0.765. The summed E-state index contributed by atoms with van der Waals surface area (Å²) in [6, 6.07) is 0.0681. The molecule has 2 aliphatic rings. The molecule has 1 heterocycles. The van der Waals surface area contributed by atoms with Gasteiger partial charge in [-0.3, -0.25) is 14.5 Å². The van der Waals surface area contributed by atoms with Crippen molar-refractivity contribution in [1.82, 2.24) is 4.90 Å². The highest BCUT2D eigenvalue weighted by atomic mass is 16.2. The van der Waals surface area contributed by atoms with Crippen molar-refractivity contribution in [3.8, 4) is 0 Å². The number of nitrogens with zero attached hydrogens (tertiary/aromatic N) is 1. The molecule has 1 aliphatic carbocycles. The van der Waals surface area contributed by atoms with Gasteiger partial charge < -0.3 is 5.73 Å². The van der Waals surface area contributed by atoms with Crippen LogP contribution in [0.25, 0.3) is 0 Å². The Morgan fingerprint density at radius 1 is 1.27 bits per heavy atom. The van der Waals surface area contributed by atoms with Gasteiger partial charge in [0.25, 0.3) is 0 Å². The maximum atomic E-state index is 11.1. The Morgan fingerprint density at radius 3 is 2.09 bits per heavy atom. The third kappa shape index (κ3) is 0.939. The fourth-order valence-electron chi connectivity index (χ4n) is 1.46. The zero-order valence-electron chi connectivity index (χ0n) is 6.12. The molecule has 1 aliphatic heterocycles. The van der Waals surface area contributed by atoms with Crippen LogP contribution in [0.15, 0.2) is 0 Å². The molecule has 0 aromatic carbocycles. The molecular weight excluding hydrogens is 144 g/mol. The van der Waals surface area contributed by atoms with Crippen LogP contribution < -0.4 is 5.73 Å². The van der Waals surface area contributed by atoms with E-state index < -0.39 is 0 Å². The van der Waals surface area contributed by atoms with Crippen LogP contribution in [-0.4, -0.2) is 28.8 Å². The van der Waals surface area contributed by atoms with Crippen molar-refractivity contribution < 1.29 is 9.59 Å². The lowest BCUT2D eigenvalue weighted by Gasteiger charge is -2.11. The van der Waals surface area contributed by atoms with Crippen molar-refractivity contribution >= 4 is 11.8 Å². The first-order valence-corrected chi connectivity index (χ1v) is 3.80. The summed E-state index contributed by atoms with van der Waals surface area (Å²) in [4.78, 5) is 23.5. The molecule has 2 unspecified atom stereocenters. The normalized spacial score (nSPS) is 36.6. The standard InChI is InChI=1S/C7H10N2O2/c8-4-3-5(4)9-6(10)1-2-7(9)11/h4-5H,1-3,8H2. The Labute approximate surface area is 64.3 Å². The highest BCUT2D eigenvalue weighted by Gasteiger charge is 2.46. The largest absolute Gasteiger partial charge is 0.326 e. The summed E-state index contributed by atoms with van der Waals surface area (Å²) < 4.78 is 0. The van der Waals surface area contributed by atoms with Gasteiger partial charge in [-0.05, 0) is 6.42 Å². The molecule has 2 N–H and O–H groups in total. The zero-order chi connectivity index (χ0) is 8.01. The van der Waals surface area contributed by atoms with Gasteiger partial charge in [-0.15, -0.1) is 0 Å². The second-order valence-corrected chi connectivity index (χ2v) is 3.12. The van der Waals surface area contributed by atoms with E-state index in [-0.39, 0.29) is 23.9 Å². The lowest BCUT2D eigenvalue weighted by Crippen LogP contribution is -2.34. The number of carbonyl (C=O) groups is 2. The van der Waals surface area contributed by atoms with E-state index in [9.17, 15) is 9.59 Å². The van der Waals surface area contributed by atoms with Crippen molar-refractivity contribution in [2.24, 2.45) is 5.73 Å². The van der Waals surface area contributed by atoms with Gasteiger partial charge in [0.05, 0.1) is 6.04 Å². The minimum atomic E-state index is -0.0482. The third-order valence-electron chi connectivity index (χ3n) is 2.23. The van der Waals surface area contributed by atoms with E-state index in [1.54, 1.807) is 0 Å². The van der Waals surface area contributed by atoms with Crippen molar-refractivity contribution in [3.05, 3.63) is 0 Å². The van der Waals surface area contributed by atoms with Crippen molar-refractivity contribution in [3.63, 3.8) is 0 Å². The highest BCUT2D eigenvalue weighted by Crippen LogP contribution is 2.30. The first-order valence-electron chi connectivity index (χ1n) is 3.80. The number of imide groups is 1.